The van der Waals surface area contributed by atoms with E-state index >= 15 is 0 Å². The molecular formula is C9H14O3S. The largest absolute Gasteiger partial charge is 0.481 e. The molecule has 0 aromatic heterocycles. The number of carbonyl (C=O) groups is 1. The first kappa shape index (κ1) is 10.3. The summed E-state index contributed by atoms with van der Waals surface area (Å²) in [6, 6.07) is 0. The maximum atomic E-state index is 10.2. The lowest BCUT2D eigenvalue weighted by Crippen LogP contribution is -2.13. The molecule has 0 saturated carbocycles. The first-order chi connectivity index (χ1) is 6.18. The van der Waals surface area contributed by atoms with Gasteiger partial charge in [0.25, 0.3) is 0 Å². The van der Waals surface area contributed by atoms with Crippen LogP contribution in [0.3, 0.4) is 0 Å². The molecule has 0 radical (unpaired) electrons. The highest BCUT2D eigenvalue weighted by Gasteiger charge is 2.10. The Balaban J connectivity index is 2.14. The highest BCUT2D eigenvalue weighted by atomic mass is 32.2. The van der Waals surface area contributed by atoms with Crippen molar-refractivity contribution < 1.29 is 15.0 Å². The predicted octanol–water partition coefficient (Wildman–Crippen LogP) is 1.25. The standard InChI is InChI=1S/C9H14O3S/c10-8(7-9(11)12)3-6-13-4-1-2-5-13/h1-2,4-5,8,10,13H,3,6-7H2,(H,11,12). The van der Waals surface area contributed by atoms with E-state index < -0.39 is 12.1 Å². The monoisotopic (exact) mass is 202 g/mol. The molecule has 1 heterocycles. The van der Waals surface area contributed by atoms with Crippen molar-refractivity contribution in [1.29, 1.82) is 0 Å². The molecule has 4 heteroatoms. The maximum Gasteiger partial charge on any atom is 0.305 e. The Morgan fingerprint density at radius 1 is 1.38 bits per heavy atom. The molecule has 0 amide bonds. The molecule has 13 heavy (non-hydrogen) atoms. The van der Waals surface area contributed by atoms with Crippen molar-refractivity contribution in [1.82, 2.24) is 0 Å². The third-order valence-corrected chi connectivity index (χ3v) is 3.68. The van der Waals surface area contributed by atoms with E-state index in [4.69, 9.17) is 5.11 Å². The minimum atomic E-state index is -0.933. The summed E-state index contributed by atoms with van der Waals surface area (Å²) >= 11 is 0. The van der Waals surface area contributed by atoms with E-state index in [-0.39, 0.29) is 17.3 Å². The van der Waals surface area contributed by atoms with Crippen LogP contribution in [0.1, 0.15) is 12.8 Å². The number of carboxylic acid groups (broad SMARTS) is 1. The molecule has 0 spiro atoms. The van der Waals surface area contributed by atoms with Crippen molar-refractivity contribution in [2.45, 2.75) is 18.9 Å². The van der Waals surface area contributed by atoms with E-state index in [0.717, 1.165) is 5.75 Å². The van der Waals surface area contributed by atoms with E-state index in [1.807, 2.05) is 12.2 Å². The molecule has 0 saturated heterocycles. The van der Waals surface area contributed by atoms with Crippen molar-refractivity contribution in [3.05, 3.63) is 23.0 Å². The van der Waals surface area contributed by atoms with Crippen molar-refractivity contribution in [2.75, 3.05) is 5.75 Å². The summed E-state index contributed by atoms with van der Waals surface area (Å²) in [6.07, 6.45) is 3.73. The number of hydrogen-bond acceptors (Lipinski definition) is 2. The molecule has 0 bridgehead atoms. The number of aliphatic hydroxyl groups is 1. The van der Waals surface area contributed by atoms with E-state index in [1.165, 1.54) is 0 Å². The Morgan fingerprint density at radius 2 is 2.00 bits per heavy atom. The number of aliphatic carboxylic acids is 1. The fourth-order valence-electron chi connectivity index (χ4n) is 1.12. The zero-order valence-electron chi connectivity index (χ0n) is 7.26. The van der Waals surface area contributed by atoms with Crippen LogP contribution in [0.15, 0.2) is 23.0 Å². The lowest BCUT2D eigenvalue weighted by molar-refractivity contribution is -0.139. The van der Waals surface area contributed by atoms with Gasteiger partial charge in [0.05, 0.1) is 12.5 Å². The lowest BCUT2D eigenvalue weighted by atomic mass is 10.2. The average Bonchev–Trinajstić information content (AvgIpc) is 2.51. The number of aliphatic hydroxyl groups excluding tert-OH is 1. The maximum absolute atomic E-state index is 10.2. The summed E-state index contributed by atoms with van der Waals surface area (Å²) < 4.78 is 0. The summed E-state index contributed by atoms with van der Waals surface area (Å²) in [7, 11) is -0.217. The van der Waals surface area contributed by atoms with Crippen molar-refractivity contribution >= 4 is 16.9 Å². The SMILES string of the molecule is O=C(O)CC(O)CC[SH]1C=CC=C1. The molecule has 0 fully saturated rings. The van der Waals surface area contributed by atoms with Crippen molar-refractivity contribution in [2.24, 2.45) is 0 Å². The third-order valence-electron chi connectivity index (χ3n) is 1.80. The molecule has 1 aliphatic rings. The number of carboxylic acids is 1. The molecule has 1 aliphatic heterocycles. The molecule has 3 nitrogen and oxygen atoms in total. The van der Waals surface area contributed by atoms with Crippen LogP contribution in [0.4, 0.5) is 0 Å². The third kappa shape index (κ3) is 4.15. The zero-order valence-corrected chi connectivity index (χ0v) is 8.15. The van der Waals surface area contributed by atoms with Gasteiger partial charge in [0, 0.05) is 0 Å². The molecule has 0 aromatic carbocycles. The summed E-state index contributed by atoms with van der Waals surface area (Å²) in [6.45, 7) is 0. The smallest absolute Gasteiger partial charge is 0.305 e. The van der Waals surface area contributed by atoms with Gasteiger partial charge in [-0.25, -0.2) is 10.9 Å². The van der Waals surface area contributed by atoms with E-state index in [9.17, 15) is 9.90 Å². The number of hydrogen-bond donors (Lipinski definition) is 3. The minimum Gasteiger partial charge on any atom is -0.481 e. The van der Waals surface area contributed by atoms with E-state index in [0.29, 0.717) is 6.42 Å². The lowest BCUT2D eigenvalue weighted by Gasteiger charge is -2.12. The Kier molecular flexibility index (Phi) is 4.05. The van der Waals surface area contributed by atoms with Crippen LogP contribution in [0.5, 0.6) is 0 Å². The Bertz CT molecular complexity index is 223. The molecule has 0 aromatic rings. The van der Waals surface area contributed by atoms with Crippen LogP contribution in [0, 0.1) is 0 Å². The van der Waals surface area contributed by atoms with Gasteiger partial charge in [0.2, 0.25) is 0 Å². The second kappa shape index (κ2) is 5.09. The highest BCUT2D eigenvalue weighted by molar-refractivity contribution is 8.22. The minimum absolute atomic E-state index is 0.142. The first-order valence-electron chi connectivity index (χ1n) is 4.19. The van der Waals surface area contributed by atoms with Gasteiger partial charge in [-0.2, -0.15) is 0 Å². The fraction of sp³-hybridized carbons (Fsp3) is 0.444. The molecular weight excluding hydrogens is 188 g/mol. The van der Waals surface area contributed by atoms with Gasteiger partial charge in [-0.05, 0) is 23.0 Å². The van der Waals surface area contributed by atoms with E-state index in [1.54, 1.807) is 0 Å². The van der Waals surface area contributed by atoms with Crippen molar-refractivity contribution in [3.8, 4) is 0 Å². The molecule has 1 atom stereocenters. The summed E-state index contributed by atoms with van der Waals surface area (Å²) in [5.74, 6) is -0.0469. The Labute approximate surface area is 80.1 Å². The van der Waals surface area contributed by atoms with Gasteiger partial charge in [0.15, 0.2) is 0 Å². The molecule has 74 valence electrons. The van der Waals surface area contributed by atoms with Crippen molar-refractivity contribution in [3.63, 3.8) is 0 Å². The molecule has 1 unspecified atom stereocenters. The van der Waals surface area contributed by atoms with Crippen LogP contribution in [0.2, 0.25) is 0 Å². The number of allylic oxidation sites excluding steroid dienone is 2. The number of thiol groups is 1. The summed E-state index contributed by atoms with van der Waals surface area (Å²) in [4.78, 5) is 10.2. The summed E-state index contributed by atoms with van der Waals surface area (Å²) in [5, 5.41) is 21.9. The quantitative estimate of drug-likeness (QED) is 0.588. The Morgan fingerprint density at radius 3 is 2.54 bits per heavy atom. The van der Waals surface area contributed by atoms with E-state index in [2.05, 4.69) is 10.8 Å². The van der Waals surface area contributed by atoms with Crippen LogP contribution >= 0.6 is 10.9 Å². The van der Waals surface area contributed by atoms with Gasteiger partial charge in [-0.3, -0.25) is 4.79 Å². The van der Waals surface area contributed by atoms with Crippen LogP contribution < -0.4 is 0 Å². The van der Waals surface area contributed by atoms with Gasteiger partial charge in [-0.1, -0.05) is 12.2 Å². The number of rotatable bonds is 5. The zero-order chi connectivity index (χ0) is 9.68. The first-order valence-corrected chi connectivity index (χ1v) is 5.85. The van der Waals surface area contributed by atoms with Gasteiger partial charge < -0.3 is 10.2 Å². The average molecular weight is 202 g/mol. The predicted molar refractivity (Wildman–Crippen MR) is 55.0 cm³/mol. The molecule has 0 aliphatic carbocycles. The Hall–Kier alpha value is -0.740. The highest BCUT2D eigenvalue weighted by Crippen LogP contribution is 2.33. The molecule has 1 rings (SSSR count). The van der Waals surface area contributed by atoms with Crippen LogP contribution in [-0.4, -0.2) is 28.0 Å². The fourth-order valence-corrected chi connectivity index (χ4v) is 2.76. The van der Waals surface area contributed by atoms with Gasteiger partial charge in [0.1, 0.15) is 0 Å². The second-order valence-electron chi connectivity index (χ2n) is 2.96. The van der Waals surface area contributed by atoms with Crippen LogP contribution in [-0.2, 0) is 4.79 Å². The van der Waals surface area contributed by atoms with Gasteiger partial charge >= 0.3 is 5.97 Å². The van der Waals surface area contributed by atoms with Crippen LogP contribution in [0.25, 0.3) is 0 Å². The molecule has 2 N–H and O–H groups in total. The topological polar surface area (TPSA) is 57.5 Å². The normalized spacial score (nSPS) is 19.3. The second-order valence-corrected chi connectivity index (χ2v) is 5.03. The summed E-state index contributed by atoms with van der Waals surface area (Å²) in [5.41, 5.74) is 0. The van der Waals surface area contributed by atoms with Gasteiger partial charge in [-0.15, -0.1) is 0 Å².